The second-order valence-electron chi connectivity index (χ2n) is 6.11. The van der Waals surface area contributed by atoms with Gasteiger partial charge in [-0.3, -0.25) is 9.20 Å². The van der Waals surface area contributed by atoms with Crippen molar-refractivity contribution in [1.29, 1.82) is 0 Å². The first-order chi connectivity index (χ1) is 12.6. The Labute approximate surface area is 151 Å². The highest BCUT2D eigenvalue weighted by molar-refractivity contribution is 5.96. The van der Waals surface area contributed by atoms with E-state index in [2.05, 4.69) is 11.9 Å². The fourth-order valence-electron chi connectivity index (χ4n) is 3.02. The molecule has 3 rings (SSSR count). The molecule has 0 aliphatic heterocycles. The molecular formula is C19H23N4O3+. The first kappa shape index (κ1) is 17.8. The Morgan fingerprint density at radius 2 is 2.12 bits per heavy atom. The number of nitrogens with zero attached hydrogens (tertiary/aromatic N) is 3. The summed E-state index contributed by atoms with van der Waals surface area (Å²) < 4.78 is 8.32. The van der Waals surface area contributed by atoms with Crippen molar-refractivity contribution in [1.82, 2.24) is 9.38 Å². The topological polar surface area (TPSA) is 90.6 Å². The van der Waals surface area contributed by atoms with E-state index in [9.17, 15) is 9.59 Å². The van der Waals surface area contributed by atoms with Gasteiger partial charge >= 0.3 is 5.97 Å². The van der Waals surface area contributed by atoms with Crippen LogP contribution in [-0.2, 0) is 11.3 Å². The third-order valence-corrected chi connectivity index (χ3v) is 4.34. The van der Waals surface area contributed by atoms with Crippen LogP contribution in [-0.4, -0.2) is 22.0 Å². The van der Waals surface area contributed by atoms with Crippen LogP contribution in [0.2, 0.25) is 0 Å². The molecule has 0 aliphatic rings. The number of unbranched alkanes of at least 4 members (excludes halogenated alkanes) is 2. The number of carbonyl (C=O) groups is 1. The van der Waals surface area contributed by atoms with Gasteiger partial charge in [0.25, 0.3) is 11.2 Å². The summed E-state index contributed by atoms with van der Waals surface area (Å²) in [7, 11) is 0. The average molecular weight is 355 g/mol. The molecule has 136 valence electrons. The van der Waals surface area contributed by atoms with Crippen molar-refractivity contribution in [2.75, 3.05) is 12.3 Å². The van der Waals surface area contributed by atoms with Gasteiger partial charge in [-0.25, -0.2) is 9.36 Å². The summed E-state index contributed by atoms with van der Waals surface area (Å²) in [6.45, 7) is 4.66. The summed E-state index contributed by atoms with van der Waals surface area (Å²) >= 11 is 0. The number of pyridine rings is 2. The largest absolute Gasteiger partial charge is 0.462 e. The molecule has 0 spiro atoms. The number of nitrogen functional groups attached to an aromatic ring is 1. The smallest absolute Gasteiger partial charge is 0.344 e. The van der Waals surface area contributed by atoms with E-state index in [1.54, 1.807) is 29.8 Å². The minimum Gasteiger partial charge on any atom is -0.462 e. The average Bonchev–Trinajstić information content (AvgIpc) is 2.64. The quantitative estimate of drug-likeness (QED) is 0.316. The monoisotopic (exact) mass is 355 g/mol. The van der Waals surface area contributed by atoms with Gasteiger partial charge in [-0.2, -0.15) is 0 Å². The number of nitrogens with two attached hydrogens (primary N) is 1. The normalized spacial score (nSPS) is 11.2. The Kier molecular flexibility index (Phi) is 5.16. The van der Waals surface area contributed by atoms with Crippen LogP contribution in [0.25, 0.3) is 16.7 Å². The third-order valence-electron chi connectivity index (χ3n) is 4.34. The molecule has 0 saturated carbocycles. The molecule has 2 N–H and O–H groups in total. The highest BCUT2D eigenvalue weighted by Crippen LogP contribution is 2.16. The number of anilines is 1. The molecule has 0 atom stereocenters. The van der Waals surface area contributed by atoms with E-state index in [0.717, 1.165) is 19.3 Å². The highest BCUT2D eigenvalue weighted by atomic mass is 16.5. The van der Waals surface area contributed by atoms with Crippen LogP contribution >= 0.6 is 0 Å². The number of aryl methyl sites for hydroxylation is 1. The second kappa shape index (κ2) is 7.51. The zero-order valence-electron chi connectivity index (χ0n) is 15.1. The maximum atomic E-state index is 12.9. The lowest BCUT2D eigenvalue weighted by Gasteiger charge is -2.11. The van der Waals surface area contributed by atoms with Crippen molar-refractivity contribution in [3.63, 3.8) is 0 Å². The lowest BCUT2D eigenvalue weighted by Crippen LogP contribution is -2.42. The maximum absolute atomic E-state index is 12.9. The van der Waals surface area contributed by atoms with E-state index in [4.69, 9.17) is 10.5 Å². The van der Waals surface area contributed by atoms with Crippen molar-refractivity contribution in [3.05, 3.63) is 46.4 Å². The van der Waals surface area contributed by atoms with Crippen molar-refractivity contribution >= 4 is 28.5 Å². The number of hydrogen-bond donors (Lipinski definition) is 1. The second-order valence-corrected chi connectivity index (χ2v) is 6.11. The van der Waals surface area contributed by atoms with Gasteiger partial charge in [0.2, 0.25) is 11.5 Å². The number of fused-ring (bicyclic) bond motifs is 2. The number of aromatic nitrogens is 3. The molecule has 0 fully saturated rings. The SMILES string of the molecule is CCCCC[n+]1c(N)c(C(=O)OCC)cc2c(=O)n3ccccc3nc21. The number of ether oxygens (including phenoxy) is 1. The molecule has 7 heteroatoms. The van der Waals surface area contributed by atoms with E-state index < -0.39 is 5.97 Å². The molecule has 0 aromatic carbocycles. The molecule has 0 amide bonds. The van der Waals surface area contributed by atoms with Gasteiger partial charge in [0, 0.05) is 6.20 Å². The number of hydrogen-bond acceptors (Lipinski definition) is 5. The van der Waals surface area contributed by atoms with Crippen LogP contribution in [0.4, 0.5) is 5.82 Å². The van der Waals surface area contributed by atoms with Crippen molar-refractivity contribution in [2.24, 2.45) is 0 Å². The highest BCUT2D eigenvalue weighted by Gasteiger charge is 2.24. The third kappa shape index (κ3) is 3.12. The lowest BCUT2D eigenvalue weighted by atomic mass is 10.1. The predicted molar refractivity (Wildman–Crippen MR) is 99.1 cm³/mol. The lowest BCUT2D eigenvalue weighted by molar-refractivity contribution is -0.659. The van der Waals surface area contributed by atoms with E-state index in [-0.39, 0.29) is 23.5 Å². The zero-order chi connectivity index (χ0) is 18.7. The van der Waals surface area contributed by atoms with Gasteiger partial charge in [0.1, 0.15) is 10.9 Å². The maximum Gasteiger partial charge on any atom is 0.344 e. The van der Waals surface area contributed by atoms with Gasteiger partial charge in [0.15, 0.2) is 0 Å². The van der Waals surface area contributed by atoms with Crippen LogP contribution in [0, 0.1) is 0 Å². The molecule has 0 aliphatic carbocycles. The minimum atomic E-state index is -0.534. The standard InChI is InChI=1S/C19H22N4O3/c1-3-5-7-11-23-16(20)13(19(25)26-4-2)12-14-17(23)21-15-9-6-8-10-22(15)18(14)24/h6,8-10,12,20H,3-5,7,11H2,1-2H3/p+1. The first-order valence-electron chi connectivity index (χ1n) is 8.89. The van der Waals surface area contributed by atoms with Crippen molar-refractivity contribution in [3.8, 4) is 0 Å². The predicted octanol–water partition coefficient (Wildman–Crippen LogP) is 2.08. The summed E-state index contributed by atoms with van der Waals surface area (Å²) in [5.41, 5.74) is 7.26. The van der Waals surface area contributed by atoms with Crippen LogP contribution in [0.15, 0.2) is 35.3 Å². The van der Waals surface area contributed by atoms with Gasteiger partial charge in [-0.15, -0.1) is 0 Å². The van der Waals surface area contributed by atoms with Gasteiger partial charge in [-0.05, 0) is 31.5 Å². The van der Waals surface area contributed by atoms with Crippen molar-refractivity contribution < 1.29 is 14.1 Å². The van der Waals surface area contributed by atoms with E-state index in [1.165, 1.54) is 10.5 Å². The Bertz CT molecular complexity index is 1030. The van der Waals surface area contributed by atoms with Crippen molar-refractivity contribution in [2.45, 2.75) is 39.7 Å². The molecule has 0 saturated heterocycles. The molecular weight excluding hydrogens is 332 g/mol. The van der Waals surface area contributed by atoms with Crippen LogP contribution in [0.1, 0.15) is 43.5 Å². The van der Waals surface area contributed by atoms with Crippen LogP contribution < -0.4 is 15.9 Å². The number of rotatable bonds is 6. The summed E-state index contributed by atoms with van der Waals surface area (Å²) in [5, 5.41) is 0.349. The molecule has 0 unspecified atom stereocenters. The fraction of sp³-hybridized carbons (Fsp3) is 0.368. The molecule has 0 radical (unpaired) electrons. The van der Waals surface area contributed by atoms with Gasteiger partial charge < -0.3 is 10.5 Å². The number of carbonyl (C=O) groups excluding carboxylic acids is 1. The van der Waals surface area contributed by atoms with E-state index >= 15 is 0 Å². The summed E-state index contributed by atoms with van der Waals surface area (Å²) in [6.07, 6.45) is 4.60. The molecule has 3 aromatic rings. The van der Waals surface area contributed by atoms with E-state index in [0.29, 0.717) is 23.2 Å². The molecule has 0 bridgehead atoms. The molecule has 3 heterocycles. The Hall–Kier alpha value is -2.96. The number of esters is 1. The molecule has 3 aromatic heterocycles. The van der Waals surface area contributed by atoms with Crippen LogP contribution in [0.5, 0.6) is 0 Å². The van der Waals surface area contributed by atoms with Gasteiger partial charge in [-0.1, -0.05) is 30.8 Å². The Balaban J connectivity index is 2.32. The fourth-order valence-corrected chi connectivity index (χ4v) is 3.02. The molecule has 7 nitrogen and oxygen atoms in total. The van der Waals surface area contributed by atoms with E-state index in [1.807, 2.05) is 6.07 Å². The minimum absolute atomic E-state index is 0.200. The molecule has 26 heavy (non-hydrogen) atoms. The summed E-state index contributed by atoms with van der Waals surface area (Å²) in [5.74, 6) is -0.257. The van der Waals surface area contributed by atoms with Gasteiger partial charge in [0.05, 0.1) is 13.2 Å². The Morgan fingerprint density at radius 3 is 2.85 bits per heavy atom. The summed E-state index contributed by atoms with van der Waals surface area (Å²) in [4.78, 5) is 29.9. The Morgan fingerprint density at radius 1 is 1.31 bits per heavy atom. The first-order valence-corrected chi connectivity index (χ1v) is 8.89. The zero-order valence-corrected chi connectivity index (χ0v) is 15.1. The van der Waals surface area contributed by atoms with Crippen LogP contribution in [0.3, 0.4) is 0 Å². The summed E-state index contributed by atoms with van der Waals surface area (Å²) in [6, 6.07) is 6.85.